The van der Waals surface area contributed by atoms with Gasteiger partial charge in [-0.15, -0.1) is 0 Å². The van der Waals surface area contributed by atoms with Gasteiger partial charge >= 0.3 is 0 Å². The summed E-state index contributed by atoms with van der Waals surface area (Å²) in [7, 11) is 0. The molecule has 1 aromatic rings. The smallest absolute Gasteiger partial charge is 0.130 e. The van der Waals surface area contributed by atoms with Crippen molar-refractivity contribution >= 4 is 6.08 Å². The summed E-state index contributed by atoms with van der Waals surface area (Å²) < 4.78 is 5.88. The first-order chi connectivity index (χ1) is 8.38. The largest absolute Gasteiger partial charge is 0.488 e. The second kappa shape index (κ2) is 4.52. The van der Waals surface area contributed by atoms with Crippen LogP contribution in [0, 0.1) is 5.92 Å². The van der Waals surface area contributed by atoms with Gasteiger partial charge in [0.1, 0.15) is 12.4 Å². The number of pyridine rings is 1. The second-order valence-electron chi connectivity index (χ2n) is 5.01. The summed E-state index contributed by atoms with van der Waals surface area (Å²) >= 11 is 0. The van der Waals surface area contributed by atoms with Crippen LogP contribution in [0.5, 0.6) is 5.75 Å². The summed E-state index contributed by atoms with van der Waals surface area (Å²) in [6.07, 6.45) is 10.6. The molecule has 0 unspecified atom stereocenters. The molecule has 0 N–H and O–H groups in total. The zero-order valence-electron chi connectivity index (χ0n) is 10.4. The van der Waals surface area contributed by atoms with Crippen molar-refractivity contribution in [1.82, 2.24) is 4.98 Å². The molecule has 0 spiro atoms. The van der Waals surface area contributed by atoms with E-state index < -0.39 is 0 Å². The van der Waals surface area contributed by atoms with E-state index in [1.807, 2.05) is 12.3 Å². The van der Waals surface area contributed by atoms with Crippen LogP contribution in [0.25, 0.3) is 6.08 Å². The zero-order valence-corrected chi connectivity index (χ0v) is 10.4. The molecule has 90 valence electrons. The summed E-state index contributed by atoms with van der Waals surface area (Å²) in [6.45, 7) is 2.94. The molecule has 0 amide bonds. The number of hydrogen-bond acceptors (Lipinski definition) is 2. The van der Waals surface area contributed by atoms with E-state index in [0.29, 0.717) is 0 Å². The molecule has 1 aliphatic carbocycles. The minimum absolute atomic E-state index is 0.757. The summed E-state index contributed by atoms with van der Waals surface area (Å²) in [5.74, 6) is 1.77. The molecule has 2 nitrogen and oxygen atoms in total. The van der Waals surface area contributed by atoms with E-state index in [1.165, 1.54) is 36.8 Å². The first-order valence-electron chi connectivity index (χ1n) is 6.69. The van der Waals surface area contributed by atoms with Gasteiger partial charge in [-0.05, 0) is 42.9 Å². The summed E-state index contributed by atoms with van der Waals surface area (Å²) in [5, 5.41) is 0. The molecule has 1 fully saturated rings. The molecule has 17 heavy (non-hydrogen) atoms. The Morgan fingerprint density at radius 3 is 2.94 bits per heavy atom. The van der Waals surface area contributed by atoms with Gasteiger partial charge in [0, 0.05) is 11.8 Å². The van der Waals surface area contributed by atoms with Crippen LogP contribution in [-0.4, -0.2) is 11.6 Å². The molecule has 2 heteroatoms. The van der Waals surface area contributed by atoms with Gasteiger partial charge in [-0.3, -0.25) is 4.98 Å². The van der Waals surface area contributed by atoms with Crippen molar-refractivity contribution in [3.05, 3.63) is 29.1 Å². The maximum Gasteiger partial charge on any atom is 0.130 e. The fourth-order valence-electron chi connectivity index (χ4n) is 2.98. The molecule has 2 heterocycles. The van der Waals surface area contributed by atoms with E-state index in [1.54, 1.807) is 0 Å². The van der Waals surface area contributed by atoms with Crippen molar-refractivity contribution in [3.8, 4) is 5.75 Å². The lowest BCUT2D eigenvalue weighted by atomic mass is 9.93. The van der Waals surface area contributed by atoms with Crippen molar-refractivity contribution in [1.29, 1.82) is 0 Å². The Labute approximate surface area is 103 Å². The topological polar surface area (TPSA) is 22.1 Å². The lowest BCUT2D eigenvalue weighted by Crippen LogP contribution is -2.14. The van der Waals surface area contributed by atoms with Gasteiger partial charge in [0.15, 0.2) is 0 Å². The average Bonchev–Trinajstić information content (AvgIpc) is 2.91. The first-order valence-corrected chi connectivity index (χ1v) is 6.69. The molecule has 0 saturated heterocycles. The molecule has 1 saturated carbocycles. The molecule has 1 aromatic heterocycles. The van der Waals surface area contributed by atoms with Gasteiger partial charge in [0.05, 0.1) is 5.69 Å². The van der Waals surface area contributed by atoms with Crippen LogP contribution in [0.4, 0.5) is 0 Å². The van der Waals surface area contributed by atoms with E-state index in [9.17, 15) is 0 Å². The van der Waals surface area contributed by atoms with Gasteiger partial charge in [-0.2, -0.15) is 0 Å². The number of ether oxygens (including phenoxy) is 1. The van der Waals surface area contributed by atoms with Crippen molar-refractivity contribution in [2.45, 2.75) is 39.0 Å². The van der Waals surface area contributed by atoms with Crippen LogP contribution >= 0.6 is 0 Å². The third-order valence-corrected chi connectivity index (χ3v) is 3.97. The lowest BCUT2D eigenvalue weighted by Gasteiger charge is -2.23. The summed E-state index contributed by atoms with van der Waals surface area (Å²) in [6, 6.07) is 1.98. The first kappa shape index (κ1) is 10.8. The van der Waals surface area contributed by atoms with E-state index >= 15 is 0 Å². The van der Waals surface area contributed by atoms with Crippen LogP contribution in [-0.2, 0) is 6.42 Å². The lowest BCUT2D eigenvalue weighted by molar-refractivity contribution is 0.328. The third kappa shape index (κ3) is 1.97. The number of aromatic nitrogens is 1. The Bertz CT molecular complexity index is 444. The Balaban J connectivity index is 1.96. The van der Waals surface area contributed by atoms with Crippen molar-refractivity contribution < 1.29 is 4.74 Å². The zero-order chi connectivity index (χ0) is 11.7. The van der Waals surface area contributed by atoms with Crippen LogP contribution in [0.1, 0.15) is 43.9 Å². The molecule has 0 radical (unpaired) electrons. The number of nitrogens with zero attached hydrogens (tertiary/aromatic N) is 1. The minimum Gasteiger partial charge on any atom is -0.488 e. The summed E-state index contributed by atoms with van der Waals surface area (Å²) in [4.78, 5) is 4.45. The number of hydrogen-bond donors (Lipinski definition) is 0. The van der Waals surface area contributed by atoms with Crippen LogP contribution in [0.2, 0.25) is 0 Å². The highest BCUT2D eigenvalue weighted by atomic mass is 16.5. The van der Waals surface area contributed by atoms with Crippen LogP contribution in [0.15, 0.2) is 17.8 Å². The quantitative estimate of drug-likeness (QED) is 0.773. The highest BCUT2D eigenvalue weighted by Crippen LogP contribution is 2.37. The average molecular weight is 229 g/mol. The molecular weight excluding hydrogens is 210 g/mol. The highest BCUT2D eigenvalue weighted by Gasteiger charge is 2.23. The Morgan fingerprint density at radius 2 is 2.18 bits per heavy atom. The van der Waals surface area contributed by atoms with Crippen LogP contribution < -0.4 is 4.74 Å². The van der Waals surface area contributed by atoms with Gasteiger partial charge in [0.25, 0.3) is 0 Å². The fraction of sp³-hybridized carbons (Fsp3) is 0.533. The van der Waals surface area contributed by atoms with Crippen molar-refractivity contribution in [2.75, 3.05) is 6.61 Å². The van der Waals surface area contributed by atoms with Gasteiger partial charge in [0.2, 0.25) is 0 Å². The van der Waals surface area contributed by atoms with E-state index in [-0.39, 0.29) is 0 Å². The van der Waals surface area contributed by atoms with E-state index in [0.717, 1.165) is 30.4 Å². The van der Waals surface area contributed by atoms with Crippen LogP contribution in [0.3, 0.4) is 0 Å². The normalized spacial score (nSPS) is 19.7. The molecule has 0 atom stereocenters. The fourth-order valence-corrected chi connectivity index (χ4v) is 2.98. The molecule has 3 rings (SSSR count). The van der Waals surface area contributed by atoms with E-state index in [4.69, 9.17) is 4.74 Å². The Kier molecular flexibility index (Phi) is 2.87. The molecule has 0 aromatic carbocycles. The number of rotatable bonds is 2. The number of aryl methyl sites for hydroxylation is 1. The van der Waals surface area contributed by atoms with Gasteiger partial charge < -0.3 is 4.74 Å². The maximum absolute atomic E-state index is 5.88. The summed E-state index contributed by atoms with van der Waals surface area (Å²) in [5.41, 5.74) is 3.87. The minimum atomic E-state index is 0.757. The third-order valence-electron chi connectivity index (χ3n) is 3.97. The molecule has 1 aliphatic heterocycles. The SMILES string of the molecule is CCc1nccc2c1C=C(C1CCCC1)CO2. The Morgan fingerprint density at radius 1 is 1.35 bits per heavy atom. The van der Waals surface area contributed by atoms with Gasteiger partial charge in [-0.1, -0.05) is 19.8 Å². The predicted molar refractivity (Wildman–Crippen MR) is 69.0 cm³/mol. The molecule has 2 aliphatic rings. The monoisotopic (exact) mass is 229 g/mol. The number of fused-ring (bicyclic) bond motifs is 1. The second-order valence-corrected chi connectivity index (χ2v) is 5.01. The predicted octanol–water partition coefficient (Wildman–Crippen LogP) is 3.61. The maximum atomic E-state index is 5.88. The Hall–Kier alpha value is -1.31. The molecule has 0 bridgehead atoms. The van der Waals surface area contributed by atoms with E-state index in [2.05, 4.69) is 18.0 Å². The van der Waals surface area contributed by atoms with Crippen molar-refractivity contribution in [3.63, 3.8) is 0 Å². The highest BCUT2D eigenvalue weighted by molar-refractivity contribution is 5.64. The van der Waals surface area contributed by atoms with Crippen molar-refractivity contribution in [2.24, 2.45) is 5.92 Å². The molecular formula is C15H19NO. The van der Waals surface area contributed by atoms with Gasteiger partial charge in [-0.25, -0.2) is 0 Å². The standard InChI is InChI=1S/C15H19NO/c1-2-14-13-9-12(11-5-3-4-6-11)10-17-15(13)7-8-16-14/h7-9,11H,2-6,10H2,1H3.